The van der Waals surface area contributed by atoms with Gasteiger partial charge in [0.15, 0.2) is 0 Å². The normalized spacial score (nSPS) is 12.0. The van der Waals surface area contributed by atoms with E-state index in [9.17, 15) is 4.79 Å². The standard InChI is InChI=1S/C14H22N2O2/c1-11-6-4-5-7-13(11)18-9-8-16(3)14(17)12(2)10-15/h4-7,12H,8-10,15H2,1-3H3. The van der Waals surface area contributed by atoms with Crippen LogP contribution in [0, 0.1) is 12.8 Å². The third kappa shape index (κ3) is 4.04. The van der Waals surface area contributed by atoms with Gasteiger partial charge in [-0.3, -0.25) is 4.79 Å². The van der Waals surface area contributed by atoms with Crippen LogP contribution >= 0.6 is 0 Å². The Morgan fingerprint density at radius 3 is 2.72 bits per heavy atom. The fourth-order valence-corrected chi connectivity index (χ4v) is 1.60. The number of ether oxygens (including phenoxy) is 1. The lowest BCUT2D eigenvalue weighted by atomic mass is 10.1. The third-order valence-electron chi connectivity index (χ3n) is 2.93. The predicted molar refractivity (Wildman–Crippen MR) is 72.5 cm³/mol. The average Bonchev–Trinajstić information content (AvgIpc) is 2.39. The van der Waals surface area contributed by atoms with E-state index < -0.39 is 0 Å². The molecule has 4 nitrogen and oxygen atoms in total. The van der Waals surface area contributed by atoms with Gasteiger partial charge >= 0.3 is 0 Å². The van der Waals surface area contributed by atoms with Crippen LogP contribution in [0.5, 0.6) is 5.75 Å². The Morgan fingerprint density at radius 1 is 1.44 bits per heavy atom. The molecule has 1 aromatic rings. The van der Waals surface area contributed by atoms with Crippen molar-refractivity contribution in [1.82, 2.24) is 4.90 Å². The molecule has 100 valence electrons. The maximum Gasteiger partial charge on any atom is 0.226 e. The summed E-state index contributed by atoms with van der Waals surface area (Å²) in [4.78, 5) is 13.4. The van der Waals surface area contributed by atoms with Crippen molar-refractivity contribution in [3.8, 4) is 5.75 Å². The van der Waals surface area contributed by atoms with Crippen molar-refractivity contribution in [2.24, 2.45) is 11.7 Å². The van der Waals surface area contributed by atoms with E-state index in [-0.39, 0.29) is 11.8 Å². The second-order valence-electron chi connectivity index (χ2n) is 4.51. The summed E-state index contributed by atoms with van der Waals surface area (Å²) in [5, 5.41) is 0. The lowest BCUT2D eigenvalue weighted by Crippen LogP contribution is -2.37. The number of rotatable bonds is 6. The molecule has 1 aromatic carbocycles. The first kappa shape index (κ1) is 14.5. The highest BCUT2D eigenvalue weighted by molar-refractivity contribution is 5.78. The fraction of sp³-hybridized carbons (Fsp3) is 0.500. The van der Waals surface area contributed by atoms with Crippen LogP contribution in [0.15, 0.2) is 24.3 Å². The second-order valence-corrected chi connectivity index (χ2v) is 4.51. The van der Waals surface area contributed by atoms with E-state index in [1.807, 2.05) is 38.1 Å². The molecule has 0 saturated carbocycles. The summed E-state index contributed by atoms with van der Waals surface area (Å²) in [5.74, 6) is 0.796. The topological polar surface area (TPSA) is 55.6 Å². The quantitative estimate of drug-likeness (QED) is 0.831. The fourth-order valence-electron chi connectivity index (χ4n) is 1.60. The Morgan fingerprint density at radius 2 is 2.11 bits per heavy atom. The highest BCUT2D eigenvalue weighted by Crippen LogP contribution is 2.15. The molecular weight excluding hydrogens is 228 g/mol. The van der Waals surface area contributed by atoms with Crippen LogP contribution in [0.25, 0.3) is 0 Å². The summed E-state index contributed by atoms with van der Waals surface area (Å²) in [6.07, 6.45) is 0. The largest absolute Gasteiger partial charge is 0.491 e. The van der Waals surface area contributed by atoms with E-state index in [4.69, 9.17) is 10.5 Å². The number of para-hydroxylation sites is 1. The van der Waals surface area contributed by atoms with E-state index in [1.165, 1.54) is 0 Å². The van der Waals surface area contributed by atoms with Crippen molar-refractivity contribution < 1.29 is 9.53 Å². The molecule has 0 aliphatic rings. The van der Waals surface area contributed by atoms with Crippen LogP contribution in [0.1, 0.15) is 12.5 Å². The van der Waals surface area contributed by atoms with Crippen LogP contribution in [-0.2, 0) is 4.79 Å². The Hall–Kier alpha value is -1.55. The van der Waals surface area contributed by atoms with Crippen molar-refractivity contribution in [3.63, 3.8) is 0 Å². The molecule has 2 N–H and O–H groups in total. The molecule has 0 heterocycles. The molecule has 0 saturated heterocycles. The molecule has 4 heteroatoms. The molecule has 1 atom stereocenters. The summed E-state index contributed by atoms with van der Waals surface area (Å²) in [6, 6.07) is 7.84. The van der Waals surface area contributed by atoms with E-state index in [1.54, 1.807) is 11.9 Å². The van der Waals surface area contributed by atoms with Crippen molar-refractivity contribution in [2.75, 3.05) is 26.7 Å². The predicted octanol–water partition coefficient (Wildman–Crippen LogP) is 1.43. The maximum absolute atomic E-state index is 11.8. The van der Waals surface area contributed by atoms with Gasteiger partial charge in [-0.15, -0.1) is 0 Å². The zero-order chi connectivity index (χ0) is 13.5. The number of amides is 1. The Balaban J connectivity index is 2.38. The van der Waals surface area contributed by atoms with E-state index in [2.05, 4.69) is 0 Å². The van der Waals surface area contributed by atoms with Crippen LogP contribution < -0.4 is 10.5 Å². The molecule has 0 fully saturated rings. The number of likely N-dealkylation sites (N-methyl/N-ethyl adjacent to an activating group) is 1. The van der Waals surface area contributed by atoms with E-state index in [0.717, 1.165) is 11.3 Å². The van der Waals surface area contributed by atoms with Gasteiger partial charge in [0.25, 0.3) is 0 Å². The number of carbonyl (C=O) groups excluding carboxylic acids is 1. The molecular formula is C14H22N2O2. The van der Waals surface area contributed by atoms with Crippen molar-refractivity contribution in [3.05, 3.63) is 29.8 Å². The monoisotopic (exact) mass is 250 g/mol. The SMILES string of the molecule is Cc1ccccc1OCCN(C)C(=O)C(C)CN. The van der Waals surface area contributed by atoms with Gasteiger partial charge in [0.2, 0.25) is 5.91 Å². The molecule has 1 rings (SSSR count). The number of carbonyl (C=O) groups is 1. The summed E-state index contributed by atoms with van der Waals surface area (Å²) < 4.78 is 5.65. The first-order chi connectivity index (χ1) is 8.56. The van der Waals surface area contributed by atoms with Crippen LogP contribution in [0.3, 0.4) is 0 Å². The van der Waals surface area contributed by atoms with Gasteiger partial charge < -0.3 is 15.4 Å². The van der Waals surface area contributed by atoms with Crippen LogP contribution in [0.4, 0.5) is 0 Å². The molecule has 0 radical (unpaired) electrons. The highest BCUT2D eigenvalue weighted by atomic mass is 16.5. The molecule has 18 heavy (non-hydrogen) atoms. The minimum atomic E-state index is -0.131. The highest BCUT2D eigenvalue weighted by Gasteiger charge is 2.15. The Labute approximate surface area is 109 Å². The summed E-state index contributed by atoms with van der Waals surface area (Å²) in [7, 11) is 1.77. The molecule has 0 aliphatic carbocycles. The smallest absolute Gasteiger partial charge is 0.226 e. The van der Waals surface area contributed by atoms with E-state index >= 15 is 0 Å². The summed E-state index contributed by atoms with van der Waals surface area (Å²) in [6.45, 7) is 5.27. The lowest BCUT2D eigenvalue weighted by molar-refractivity contribution is -0.133. The second kappa shape index (κ2) is 7.01. The van der Waals surface area contributed by atoms with Crippen LogP contribution in [-0.4, -0.2) is 37.6 Å². The number of aryl methyl sites for hydroxylation is 1. The van der Waals surface area contributed by atoms with Crippen LogP contribution in [0.2, 0.25) is 0 Å². The minimum absolute atomic E-state index is 0.0610. The lowest BCUT2D eigenvalue weighted by Gasteiger charge is -2.20. The van der Waals surface area contributed by atoms with Gasteiger partial charge in [-0.25, -0.2) is 0 Å². The number of hydrogen-bond donors (Lipinski definition) is 1. The van der Waals surface area contributed by atoms with Gasteiger partial charge in [-0.1, -0.05) is 25.1 Å². The van der Waals surface area contributed by atoms with Gasteiger partial charge in [-0.2, -0.15) is 0 Å². The molecule has 0 bridgehead atoms. The van der Waals surface area contributed by atoms with Crippen molar-refractivity contribution >= 4 is 5.91 Å². The summed E-state index contributed by atoms with van der Waals surface area (Å²) in [5.41, 5.74) is 6.57. The van der Waals surface area contributed by atoms with Crippen molar-refractivity contribution in [1.29, 1.82) is 0 Å². The number of nitrogens with two attached hydrogens (primary N) is 1. The van der Waals surface area contributed by atoms with Gasteiger partial charge in [0.05, 0.1) is 6.54 Å². The maximum atomic E-state index is 11.8. The first-order valence-electron chi connectivity index (χ1n) is 6.19. The minimum Gasteiger partial charge on any atom is -0.491 e. The average molecular weight is 250 g/mol. The number of hydrogen-bond acceptors (Lipinski definition) is 3. The Bertz CT molecular complexity index is 393. The number of benzene rings is 1. The zero-order valence-electron chi connectivity index (χ0n) is 11.3. The van der Waals surface area contributed by atoms with E-state index in [0.29, 0.717) is 19.7 Å². The van der Waals surface area contributed by atoms with Gasteiger partial charge in [-0.05, 0) is 18.6 Å². The first-order valence-corrected chi connectivity index (χ1v) is 6.19. The zero-order valence-corrected chi connectivity index (χ0v) is 11.3. The molecule has 1 unspecified atom stereocenters. The Kier molecular flexibility index (Phi) is 5.65. The molecule has 0 aliphatic heterocycles. The van der Waals surface area contributed by atoms with Gasteiger partial charge in [0, 0.05) is 19.5 Å². The molecule has 1 amide bonds. The molecule has 0 aromatic heterocycles. The number of nitrogens with zero attached hydrogens (tertiary/aromatic N) is 1. The van der Waals surface area contributed by atoms with Gasteiger partial charge in [0.1, 0.15) is 12.4 Å². The van der Waals surface area contributed by atoms with Crippen molar-refractivity contribution in [2.45, 2.75) is 13.8 Å². The third-order valence-corrected chi connectivity index (χ3v) is 2.93. The summed E-state index contributed by atoms with van der Waals surface area (Å²) >= 11 is 0. The molecule has 0 spiro atoms.